The summed E-state index contributed by atoms with van der Waals surface area (Å²) in [6.45, 7) is 2.37. The normalized spacial score (nSPS) is 18.3. The van der Waals surface area contributed by atoms with E-state index in [1.54, 1.807) is 17.9 Å². The molecule has 0 aliphatic carbocycles. The number of hydrogen-bond donors (Lipinski definition) is 0. The Morgan fingerprint density at radius 3 is 2.36 bits per heavy atom. The molecule has 0 aromatic carbocycles. The third kappa shape index (κ3) is 3.32. The SMILES string of the molecule is Cc1ccc(C(=O)N2CCC(C(C)N(C)C)CC2)n1C(F)F. The highest BCUT2D eigenvalue weighted by molar-refractivity contribution is 5.93. The number of likely N-dealkylation sites (tertiary alicyclic amines) is 1. The molecule has 1 aromatic rings. The first-order valence-corrected chi connectivity index (χ1v) is 7.74. The number of rotatable bonds is 4. The Labute approximate surface area is 130 Å². The molecule has 0 N–H and O–H groups in total. The van der Waals surface area contributed by atoms with Gasteiger partial charge in [-0.2, -0.15) is 8.78 Å². The van der Waals surface area contributed by atoms with Gasteiger partial charge in [0.25, 0.3) is 5.91 Å². The molecule has 1 fully saturated rings. The van der Waals surface area contributed by atoms with E-state index in [4.69, 9.17) is 0 Å². The predicted molar refractivity (Wildman–Crippen MR) is 82.2 cm³/mol. The minimum atomic E-state index is -2.68. The minimum absolute atomic E-state index is 0.0895. The summed E-state index contributed by atoms with van der Waals surface area (Å²) >= 11 is 0. The number of carbonyl (C=O) groups excluding carboxylic acids is 1. The number of carbonyl (C=O) groups is 1. The van der Waals surface area contributed by atoms with Crippen LogP contribution in [0.4, 0.5) is 8.78 Å². The zero-order valence-corrected chi connectivity index (χ0v) is 13.7. The maximum Gasteiger partial charge on any atom is 0.319 e. The van der Waals surface area contributed by atoms with Crippen molar-refractivity contribution >= 4 is 5.91 Å². The van der Waals surface area contributed by atoms with Gasteiger partial charge in [0.1, 0.15) is 5.69 Å². The first-order valence-electron chi connectivity index (χ1n) is 7.74. The van der Waals surface area contributed by atoms with Gasteiger partial charge < -0.3 is 9.80 Å². The second-order valence-corrected chi connectivity index (χ2v) is 6.34. The molecule has 1 aliphatic heterocycles. The minimum Gasteiger partial charge on any atom is -0.337 e. The Bertz CT molecular complexity index is 519. The van der Waals surface area contributed by atoms with Crippen LogP contribution >= 0.6 is 0 Å². The van der Waals surface area contributed by atoms with Crippen molar-refractivity contribution in [3.63, 3.8) is 0 Å². The predicted octanol–water partition coefficient (Wildman–Crippen LogP) is 2.99. The molecule has 0 spiro atoms. The summed E-state index contributed by atoms with van der Waals surface area (Å²) in [6, 6.07) is 3.53. The van der Waals surface area contributed by atoms with Crippen LogP contribution in [0.2, 0.25) is 0 Å². The molecule has 6 heteroatoms. The zero-order valence-electron chi connectivity index (χ0n) is 13.7. The lowest BCUT2D eigenvalue weighted by Crippen LogP contribution is -2.44. The fraction of sp³-hybridized carbons (Fsp3) is 0.688. The molecule has 0 bridgehead atoms. The van der Waals surface area contributed by atoms with Crippen LogP contribution in [0, 0.1) is 12.8 Å². The monoisotopic (exact) mass is 313 g/mol. The van der Waals surface area contributed by atoms with Crippen molar-refractivity contribution in [2.24, 2.45) is 5.92 Å². The molecule has 124 valence electrons. The molecule has 2 heterocycles. The van der Waals surface area contributed by atoms with Crippen molar-refractivity contribution in [3.05, 3.63) is 23.5 Å². The van der Waals surface area contributed by atoms with Crippen LogP contribution in [0.3, 0.4) is 0 Å². The van der Waals surface area contributed by atoms with Gasteiger partial charge in [0.05, 0.1) is 0 Å². The van der Waals surface area contributed by atoms with Crippen LogP contribution in [0.15, 0.2) is 12.1 Å². The summed E-state index contributed by atoms with van der Waals surface area (Å²) in [6.07, 6.45) is 1.83. The quantitative estimate of drug-likeness (QED) is 0.855. The first-order chi connectivity index (χ1) is 10.3. The lowest BCUT2D eigenvalue weighted by atomic mass is 9.89. The fourth-order valence-corrected chi connectivity index (χ4v) is 3.15. The van der Waals surface area contributed by atoms with E-state index in [2.05, 4.69) is 25.9 Å². The van der Waals surface area contributed by atoms with Gasteiger partial charge in [0, 0.05) is 24.8 Å². The van der Waals surface area contributed by atoms with Crippen molar-refractivity contribution < 1.29 is 13.6 Å². The highest BCUT2D eigenvalue weighted by Gasteiger charge is 2.29. The van der Waals surface area contributed by atoms with E-state index in [0.717, 1.165) is 17.4 Å². The number of aryl methyl sites for hydroxylation is 1. The Hall–Kier alpha value is -1.43. The molecular formula is C16H25F2N3O. The number of nitrogens with zero attached hydrogens (tertiary/aromatic N) is 3. The highest BCUT2D eigenvalue weighted by Crippen LogP contribution is 2.25. The van der Waals surface area contributed by atoms with Crippen molar-refractivity contribution in [3.8, 4) is 0 Å². The average molecular weight is 313 g/mol. The van der Waals surface area contributed by atoms with E-state index in [0.29, 0.717) is 30.7 Å². The van der Waals surface area contributed by atoms with Crippen LogP contribution in [0.5, 0.6) is 0 Å². The number of alkyl halides is 2. The van der Waals surface area contributed by atoms with Crippen molar-refractivity contribution in [2.75, 3.05) is 27.2 Å². The van der Waals surface area contributed by atoms with E-state index in [-0.39, 0.29) is 11.6 Å². The summed E-state index contributed by atoms with van der Waals surface area (Å²) in [5.41, 5.74) is 0.501. The maximum absolute atomic E-state index is 13.1. The maximum atomic E-state index is 13.1. The Kier molecular flexibility index (Phi) is 5.21. The number of hydrogen-bond acceptors (Lipinski definition) is 2. The molecule has 1 amide bonds. The van der Waals surface area contributed by atoms with Gasteiger partial charge in [-0.25, -0.2) is 0 Å². The van der Waals surface area contributed by atoms with Crippen LogP contribution in [-0.4, -0.2) is 53.5 Å². The van der Waals surface area contributed by atoms with Crippen LogP contribution in [-0.2, 0) is 0 Å². The van der Waals surface area contributed by atoms with Gasteiger partial charge in [-0.05, 0) is 58.8 Å². The van der Waals surface area contributed by atoms with Crippen molar-refractivity contribution in [1.82, 2.24) is 14.4 Å². The molecule has 0 radical (unpaired) electrons. The van der Waals surface area contributed by atoms with Crippen molar-refractivity contribution in [1.29, 1.82) is 0 Å². The van der Waals surface area contributed by atoms with E-state index in [1.807, 2.05) is 0 Å². The van der Waals surface area contributed by atoms with E-state index in [9.17, 15) is 13.6 Å². The molecule has 1 saturated heterocycles. The number of aromatic nitrogens is 1. The molecule has 22 heavy (non-hydrogen) atoms. The highest BCUT2D eigenvalue weighted by atomic mass is 19.3. The molecule has 1 aromatic heterocycles. The topological polar surface area (TPSA) is 28.5 Å². The number of amides is 1. The third-order valence-corrected chi connectivity index (χ3v) is 4.86. The van der Waals surface area contributed by atoms with Gasteiger partial charge in [-0.15, -0.1) is 0 Å². The molecule has 1 atom stereocenters. The number of piperidine rings is 1. The van der Waals surface area contributed by atoms with Crippen LogP contribution in [0.25, 0.3) is 0 Å². The summed E-state index contributed by atoms with van der Waals surface area (Å²) in [4.78, 5) is 16.4. The first kappa shape index (κ1) is 16.9. The molecule has 4 nitrogen and oxygen atoms in total. The fourth-order valence-electron chi connectivity index (χ4n) is 3.15. The van der Waals surface area contributed by atoms with Gasteiger partial charge in [-0.3, -0.25) is 9.36 Å². The van der Waals surface area contributed by atoms with Crippen molar-refractivity contribution in [2.45, 2.75) is 39.3 Å². The lowest BCUT2D eigenvalue weighted by molar-refractivity contribution is 0.0498. The van der Waals surface area contributed by atoms with E-state index in [1.165, 1.54) is 6.07 Å². The second-order valence-electron chi connectivity index (χ2n) is 6.34. The Morgan fingerprint density at radius 2 is 1.86 bits per heavy atom. The molecular weight excluding hydrogens is 288 g/mol. The largest absolute Gasteiger partial charge is 0.337 e. The van der Waals surface area contributed by atoms with Gasteiger partial charge >= 0.3 is 6.55 Å². The summed E-state index contributed by atoms with van der Waals surface area (Å²) in [7, 11) is 4.11. The lowest BCUT2D eigenvalue weighted by Gasteiger charge is -2.37. The number of halogens is 2. The molecule has 0 saturated carbocycles. The molecule has 1 aliphatic rings. The summed E-state index contributed by atoms with van der Waals surface area (Å²) in [5.74, 6) is 0.257. The average Bonchev–Trinajstić information content (AvgIpc) is 2.87. The Morgan fingerprint density at radius 1 is 1.27 bits per heavy atom. The van der Waals surface area contributed by atoms with Gasteiger partial charge in [0.2, 0.25) is 0 Å². The van der Waals surface area contributed by atoms with E-state index < -0.39 is 6.55 Å². The smallest absolute Gasteiger partial charge is 0.319 e. The van der Waals surface area contributed by atoms with Gasteiger partial charge in [-0.1, -0.05) is 0 Å². The summed E-state index contributed by atoms with van der Waals surface area (Å²) in [5, 5.41) is 0. The van der Waals surface area contributed by atoms with E-state index >= 15 is 0 Å². The van der Waals surface area contributed by atoms with Crippen LogP contribution in [0.1, 0.15) is 42.5 Å². The zero-order chi connectivity index (χ0) is 16.4. The van der Waals surface area contributed by atoms with Gasteiger partial charge in [0.15, 0.2) is 0 Å². The third-order valence-electron chi connectivity index (χ3n) is 4.86. The van der Waals surface area contributed by atoms with Crippen LogP contribution < -0.4 is 0 Å². The molecule has 2 rings (SSSR count). The second kappa shape index (κ2) is 6.77. The summed E-state index contributed by atoms with van der Waals surface area (Å²) < 4.78 is 27.0. The Balaban J connectivity index is 2.04. The standard InChI is InChI=1S/C16H25F2N3O/c1-11-5-6-14(21(11)16(17)18)15(22)20-9-7-13(8-10-20)12(2)19(3)4/h5-6,12-13,16H,7-10H2,1-4H3. The molecule has 1 unspecified atom stereocenters.